The summed E-state index contributed by atoms with van der Waals surface area (Å²) in [5.41, 5.74) is 0.701. The molecule has 9 heteroatoms. The molecule has 0 N–H and O–H groups in total. The number of nitrogens with zero attached hydrogens (tertiary/aromatic N) is 4. The van der Waals surface area contributed by atoms with Gasteiger partial charge in [0.1, 0.15) is 0 Å². The van der Waals surface area contributed by atoms with Crippen molar-refractivity contribution in [3.05, 3.63) is 34.4 Å². The first-order valence-corrected chi connectivity index (χ1v) is 6.94. The van der Waals surface area contributed by atoms with Crippen LogP contribution in [-0.2, 0) is 11.8 Å². The second-order valence-electron chi connectivity index (χ2n) is 4.14. The number of nitro groups is 1. The van der Waals surface area contributed by atoms with Gasteiger partial charge in [0.25, 0.3) is 5.69 Å². The molecule has 0 spiro atoms. The standard InChI is InChI=1S/C12H12N4O4S/c1-15-11(8-2-4-9(5-3-8)16(19)20)13-14-12(15)21-7-6-10(17)18/h2-5H,6-7H2,1H3,(H,17,18)/p-1. The van der Waals surface area contributed by atoms with Gasteiger partial charge in [-0.15, -0.1) is 10.2 Å². The summed E-state index contributed by atoms with van der Waals surface area (Å²) in [6, 6.07) is 5.98. The number of carboxylic acid groups (broad SMARTS) is 1. The van der Waals surface area contributed by atoms with Crippen molar-refractivity contribution in [3.63, 3.8) is 0 Å². The number of hydrogen-bond donors (Lipinski definition) is 0. The molecule has 0 amide bonds. The third-order valence-electron chi connectivity index (χ3n) is 2.71. The van der Waals surface area contributed by atoms with Crippen LogP contribution in [0.5, 0.6) is 0 Å². The molecule has 0 saturated carbocycles. The topological polar surface area (TPSA) is 114 Å². The first-order valence-electron chi connectivity index (χ1n) is 5.96. The molecular formula is C12H11N4O4S-. The van der Waals surface area contributed by atoms with E-state index in [2.05, 4.69) is 10.2 Å². The van der Waals surface area contributed by atoms with E-state index >= 15 is 0 Å². The van der Waals surface area contributed by atoms with Gasteiger partial charge in [0.15, 0.2) is 11.0 Å². The van der Waals surface area contributed by atoms with E-state index in [4.69, 9.17) is 0 Å². The molecule has 0 aliphatic carbocycles. The highest BCUT2D eigenvalue weighted by Crippen LogP contribution is 2.24. The molecule has 0 unspecified atom stereocenters. The molecule has 0 atom stereocenters. The predicted octanol–water partition coefficient (Wildman–Crippen LogP) is 0.622. The van der Waals surface area contributed by atoms with Gasteiger partial charge in [-0.2, -0.15) is 0 Å². The van der Waals surface area contributed by atoms with Crippen molar-refractivity contribution in [1.29, 1.82) is 0 Å². The van der Waals surface area contributed by atoms with E-state index in [1.54, 1.807) is 23.7 Å². The average molecular weight is 307 g/mol. The lowest BCUT2D eigenvalue weighted by Crippen LogP contribution is -2.22. The Hall–Kier alpha value is -2.42. The molecule has 2 rings (SSSR count). The van der Waals surface area contributed by atoms with Gasteiger partial charge in [0.05, 0.1) is 4.92 Å². The van der Waals surface area contributed by atoms with Gasteiger partial charge >= 0.3 is 0 Å². The minimum Gasteiger partial charge on any atom is -0.550 e. The van der Waals surface area contributed by atoms with Gasteiger partial charge < -0.3 is 14.5 Å². The Kier molecular flexibility index (Phi) is 4.53. The summed E-state index contributed by atoms with van der Waals surface area (Å²) in [6.45, 7) is 0. The van der Waals surface area contributed by atoms with Gasteiger partial charge in [-0.3, -0.25) is 10.1 Å². The van der Waals surface area contributed by atoms with Gasteiger partial charge in [0.2, 0.25) is 0 Å². The first-order chi connectivity index (χ1) is 9.99. The van der Waals surface area contributed by atoms with Crippen LogP contribution in [-0.4, -0.2) is 31.4 Å². The molecular weight excluding hydrogens is 296 g/mol. The number of rotatable bonds is 6. The second kappa shape index (κ2) is 6.35. The number of aliphatic carboxylic acids is 1. The summed E-state index contributed by atoms with van der Waals surface area (Å²) in [7, 11) is 1.75. The van der Waals surface area contributed by atoms with E-state index in [-0.39, 0.29) is 12.1 Å². The molecule has 0 saturated heterocycles. The minimum atomic E-state index is -1.11. The van der Waals surface area contributed by atoms with Crippen molar-refractivity contribution in [2.45, 2.75) is 11.6 Å². The fraction of sp³-hybridized carbons (Fsp3) is 0.250. The lowest BCUT2D eigenvalue weighted by molar-refractivity contribution is -0.384. The van der Waals surface area contributed by atoms with Crippen LogP contribution in [0.4, 0.5) is 5.69 Å². The van der Waals surface area contributed by atoms with E-state index in [0.29, 0.717) is 22.3 Å². The maximum absolute atomic E-state index is 10.6. The zero-order chi connectivity index (χ0) is 15.4. The summed E-state index contributed by atoms with van der Waals surface area (Å²) in [4.78, 5) is 20.5. The number of non-ortho nitro benzene ring substituents is 1. The van der Waals surface area contributed by atoms with Crippen molar-refractivity contribution in [2.24, 2.45) is 7.05 Å². The van der Waals surface area contributed by atoms with Crippen LogP contribution in [0.25, 0.3) is 11.4 Å². The molecule has 1 aromatic carbocycles. The van der Waals surface area contributed by atoms with Crippen molar-refractivity contribution < 1.29 is 14.8 Å². The number of benzene rings is 1. The molecule has 0 radical (unpaired) electrons. The molecule has 1 heterocycles. The van der Waals surface area contributed by atoms with E-state index in [0.717, 1.165) is 0 Å². The zero-order valence-corrected chi connectivity index (χ0v) is 11.9. The lowest BCUT2D eigenvalue weighted by Gasteiger charge is -2.04. The maximum Gasteiger partial charge on any atom is 0.269 e. The molecule has 1 aromatic heterocycles. The number of carboxylic acids is 1. The van der Waals surface area contributed by atoms with E-state index < -0.39 is 10.9 Å². The molecule has 2 aromatic rings. The Balaban J connectivity index is 2.15. The van der Waals surface area contributed by atoms with Crippen LogP contribution >= 0.6 is 11.8 Å². The molecule has 0 fully saturated rings. The largest absolute Gasteiger partial charge is 0.550 e. The fourth-order valence-corrected chi connectivity index (χ4v) is 2.48. The van der Waals surface area contributed by atoms with Crippen LogP contribution in [0.15, 0.2) is 29.4 Å². The quantitative estimate of drug-likeness (QED) is 0.436. The van der Waals surface area contributed by atoms with Crippen LogP contribution in [0.2, 0.25) is 0 Å². The predicted molar refractivity (Wildman–Crippen MR) is 73.4 cm³/mol. The SMILES string of the molecule is Cn1c(SCCC(=O)[O-])nnc1-c1ccc([N+](=O)[O-])cc1. The van der Waals surface area contributed by atoms with Gasteiger partial charge in [-0.25, -0.2) is 0 Å². The van der Waals surface area contributed by atoms with E-state index in [1.165, 1.54) is 23.9 Å². The number of nitro benzene ring substituents is 1. The van der Waals surface area contributed by atoms with Crippen molar-refractivity contribution in [2.75, 3.05) is 5.75 Å². The first kappa shape index (κ1) is 15.0. The normalized spacial score (nSPS) is 10.5. The van der Waals surface area contributed by atoms with Crippen molar-refractivity contribution >= 4 is 23.4 Å². The number of aromatic nitrogens is 3. The second-order valence-corrected chi connectivity index (χ2v) is 5.20. The maximum atomic E-state index is 10.6. The average Bonchev–Trinajstić information content (AvgIpc) is 2.80. The number of thioether (sulfide) groups is 1. The highest BCUT2D eigenvalue weighted by atomic mass is 32.2. The third-order valence-corrected chi connectivity index (χ3v) is 3.73. The molecule has 110 valence electrons. The van der Waals surface area contributed by atoms with Crippen LogP contribution in [0.1, 0.15) is 6.42 Å². The number of hydrogen-bond acceptors (Lipinski definition) is 7. The summed E-state index contributed by atoms with van der Waals surface area (Å²) in [6.07, 6.45) is -0.0651. The number of carbonyl (C=O) groups excluding carboxylic acids is 1. The smallest absolute Gasteiger partial charge is 0.269 e. The molecule has 0 aliphatic heterocycles. The Bertz CT molecular complexity index is 668. The Morgan fingerprint density at radius 3 is 2.57 bits per heavy atom. The Morgan fingerprint density at radius 2 is 2.00 bits per heavy atom. The van der Waals surface area contributed by atoms with Crippen LogP contribution in [0.3, 0.4) is 0 Å². The minimum absolute atomic E-state index is 0.00414. The summed E-state index contributed by atoms with van der Waals surface area (Å²) >= 11 is 1.26. The van der Waals surface area contributed by atoms with Gasteiger partial charge in [0, 0.05) is 36.5 Å². The van der Waals surface area contributed by atoms with Gasteiger partial charge in [-0.05, 0) is 18.6 Å². The molecule has 21 heavy (non-hydrogen) atoms. The summed E-state index contributed by atoms with van der Waals surface area (Å²) in [5, 5.41) is 29.5. The van der Waals surface area contributed by atoms with Crippen molar-refractivity contribution in [3.8, 4) is 11.4 Å². The number of carbonyl (C=O) groups is 1. The summed E-state index contributed by atoms with van der Waals surface area (Å²) < 4.78 is 1.71. The Labute approximate surface area is 124 Å². The highest BCUT2D eigenvalue weighted by molar-refractivity contribution is 7.99. The summed E-state index contributed by atoms with van der Waals surface area (Å²) in [5.74, 6) is -0.213. The van der Waals surface area contributed by atoms with E-state index in [9.17, 15) is 20.0 Å². The lowest BCUT2D eigenvalue weighted by atomic mass is 10.2. The Morgan fingerprint density at radius 1 is 1.33 bits per heavy atom. The van der Waals surface area contributed by atoms with Crippen LogP contribution < -0.4 is 5.11 Å². The zero-order valence-electron chi connectivity index (χ0n) is 11.1. The molecule has 8 nitrogen and oxygen atoms in total. The van der Waals surface area contributed by atoms with E-state index in [1.807, 2.05) is 0 Å². The fourth-order valence-electron chi connectivity index (χ4n) is 1.65. The molecule has 0 aliphatic rings. The highest BCUT2D eigenvalue weighted by Gasteiger charge is 2.12. The molecule has 0 bridgehead atoms. The van der Waals surface area contributed by atoms with Crippen LogP contribution in [0, 0.1) is 10.1 Å². The third kappa shape index (κ3) is 3.57. The van der Waals surface area contributed by atoms with Crippen molar-refractivity contribution in [1.82, 2.24) is 14.8 Å². The monoisotopic (exact) mass is 307 g/mol. The van der Waals surface area contributed by atoms with Gasteiger partial charge in [-0.1, -0.05) is 11.8 Å².